The van der Waals surface area contributed by atoms with E-state index < -0.39 is 16.4 Å². The molecule has 0 aliphatic carbocycles. The highest BCUT2D eigenvalue weighted by molar-refractivity contribution is 5.37. The van der Waals surface area contributed by atoms with Crippen LogP contribution in [0.3, 0.4) is 0 Å². The second-order valence-electron chi connectivity index (χ2n) is 4.24. The Bertz CT molecular complexity index is 407. The lowest BCUT2D eigenvalue weighted by Crippen LogP contribution is -2.28. The maximum atomic E-state index is 13.8. The minimum atomic E-state index is -0.739. The van der Waals surface area contributed by atoms with E-state index in [-0.39, 0.29) is 12.0 Å². The van der Waals surface area contributed by atoms with Crippen molar-refractivity contribution < 1.29 is 9.31 Å². The van der Waals surface area contributed by atoms with E-state index in [0.717, 1.165) is 6.42 Å². The molecule has 4 nitrogen and oxygen atoms in total. The quantitative estimate of drug-likeness (QED) is 0.635. The summed E-state index contributed by atoms with van der Waals surface area (Å²) in [6.45, 7) is 3.84. The van der Waals surface area contributed by atoms with Crippen LogP contribution in [-0.2, 0) is 6.42 Å². The number of benzene rings is 1. The molecule has 17 heavy (non-hydrogen) atoms. The molecule has 0 spiro atoms. The molecule has 1 aromatic carbocycles. The first kappa shape index (κ1) is 13.6. The molecule has 0 radical (unpaired) electrons. The van der Waals surface area contributed by atoms with Crippen molar-refractivity contribution in [1.82, 2.24) is 0 Å². The lowest BCUT2D eigenvalue weighted by Gasteiger charge is -2.19. The molecule has 94 valence electrons. The number of hydrogen-bond acceptors (Lipinski definition) is 3. The van der Waals surface area contributed by atoms with Crippen LogP contribution in [0.1, 0.15) is 25.8 Å². The van der Waals surface area contributed by atoms with Gasteiger partial charge in [-0.1, -0.05) is 25.5 Å². The largest absolute Gasteiger partial charge is 0.328 e. The Morgan fingerprint density at radius 1 is 1.53 bits per heavy atom. The van der Waals surface area contributed by atoms with Crippen molar-refractivity contribution in [1.29, 1.82) is 0 Å². The average molecular weight is 240 g/mol. The van der Waals surface area contributed by atoms with Gasteiger partial charge in [0.2, 0.25) is 5.82 Å². The first-order valence-corrected chi connectivity index (χ1v) is 5.64. The van der Waals surface area contributed by atoms with E-state index in [2.05, 4.69) is 0 Å². The summed E-state index contributed by atoms with van der Waals surface area (Å²) in [6, 6.07) is 4.20. The molecule has 0 saturated carbocycles. The fourth-order valence-corrected chi connectivity index (χ4v) is 1.85. The van der Waals surface area contributed by atoms with Crippen LogP contribution in [-0.4, -0.2) is 11.0 Å². The number of nitrogens with two attached hydrogens (primary N) is 1. The Hall–Kier alpha value is -1.49. The summed E-state index contributed by atoms with van der Waals surface area (Å²) in [4.78, 5) is 9.90. The molecule has 2 unspecified atom stereocenters. The zero-order chi connectivity index (χ0) is 13.0. The number of hydrogen-bond donors (Lipinski definition) is 1. The maximum absolute atomic E-state index is 13.8. The van der Waals surface area contributed by atoms with Gasteiger partial charge < -0.3 is 5.73 Å². The predicted molar refractivity (Wildman–Crippen MR) is 64.2 cm³/mol. The fraction of sp³-hybridized carbons (Fsp3) is 0.500. The van der Waals surface area contributed by atoms with Gasteiger partial charge in [0.05, 0.1) is 4.92 Å². The van der Waals surface area contributed by atoms with Crippen LogP contribution in [0.5, 0.6) is 0 Å². The van der Waals surface area contributed by atoms with Gasteiger partial charge in [-0.25, -0.2) is 0 Å². The van der Waals surface area contributed by atoms with Gasteiger partial charge in [0.1, 0.15) is 0 Å². The van der Waals surface area contributed by atoms with Crippen LogP contribution >= 0.6 is 0 Å². The van der Waals surface area contributed by atoms with Crippen LogP contribution < -0.4 is 5.73 Å². The Morgan fingerprint density at radius 2 is 2.18 bits per heavy atom. The highest BCUT2D eigenvalue weighted by Crippen LogP contribution is 2.24. The third kappa shape index (κ3) is 3.23. The van der Waals surface area contributed by atoms with Crippen LogP contribution in [0.4, 0.5) is 10.1 Å². The van der Waals surface area contributed by atoms with Crippen LogP contribution in [0.15, 0.2) is 18.2 Å². The van der Waals surface area contributed by atoms with Crippen molar-refractivity contribution in [3.63, 3.8) is 0 Å². The summed E-state index contributed by atoms with van der Waals surface area (Å²) in [5.41, 5.74) is 5.68. The van der Waals surface area contributed by atoms with E-state index >= 15 is 0 Å². The number of nitrogens with zero attached hydrogens (tertiary/aromatic N) is 1. The molecule has 2 N–H and O–H groups in total. The first-order chi connectivity index (χ1) is 7.97. The minimum absolute atomic E-state index is 0.0568. The van der Waals surface area contributed by atoms with Gasteiger partial charge in [0.25, 0.3) is 0 Å². The molecular weight excluding hydrogens is 223 g/mol. The summed E-state index contributed by atoms with van der Waals surface area (Å²) in [7, 11) is 0. The Morgan fingerprint density at radius 3 is 2.65 bits per heavy atom. The lowest BCUT2D eigenvalue weighted by molar-refractivity contribution is -0.387. The number of nitro groups is 1. The summed E-state index contributed by atoms with van der Waals surface area (Å²) < 4.78 is 13.8. The van der Waals surface area contributed by atoms with Gasteiger partial charge in [-0.3, -0.25) is 10.1 Å². The molecule has 0 heterocycles. The van der Waals surface area contributed by atoms with Gasteiger partial charge in [-0.15, -0.1) is 0 Å². The van der Waals surface area contributed by atoms with Crippen molar-refractivity contribution >= 4 is 5.69 Å². The van der Waals surface area contributed by atoms with E-state index in [1.165, 1.54) is 12.1 Å². The molecule has 5 heteroatoms. The molecule has 0 aliphatic heterocycles. The molecule has 0 fully saturated rings. The summed E-state index contributed by atoms with van der Waals surface area (Å²) >= 11 is 0. The molecule has 2 atom stereocenters. The van der Waals surface area contributed by atoms with Gasteiger partial charge in [0.15, 0.2) is 0 Å². The van der Waals surface area contributed by atoms with Crippen molar-refractivity contribution in [2.24, 2.45) is 11.7 Å². The molecule has 1 aromatic rings. The second kappa shape index (κ2) is 5.72. The molecule has 0 amide bonds. The average Bonchev–Trinajstić information content (AvgIpc) is 2.26. The highest BCUT2D eigenvalue weighted by atomic mass is 19.1. The van der Waals surface area contributed by atoms with E-state index in [1.807, 2.05) is 13.8 Å². The number of halogens is 1. The zero-order valence-corrected chi connectivity index (χ0v) is 10.0. The predicted octanol–water partition coefficient (Wildman–Crippen LogP) is 2.65. The second-order valence-corrected chi connectivity index (χ2v) is 4.24. The molecular formula is C12H17FN2O2. The first-order valence-electron chi connectivity index (χ1n) is 5.64. The van der Waals surface area contributed by atoms with Crippen LogP contribution in [0.25, 0.3) is 0 Å². The zero-order valence-electron chi connectivity index (χ0n) is 10.0. The lowest BCUT2D eigenvalue weighted by atomic mass is 9.91. The Labute approximate surface area is 99.8 Å². The molecule has 0 saturated heterocycles. The van der Waals surface area contributed by atoms with Gasteiger partial charge in [-0.05, 0) is 24.8 Å². The highest BCUT2D eigenvalue weighted by Gasteiger charge is 2.20. The Kier molecular flexibility index (Phi) is 4.57. The number of rotatable bonds is 5. The fourth-order valence-electron chi connectivity index (χ4n) is 1.85. The van der Waals surface area contributed by atoms with Crippen LogP contribution in [0.2, 0.25) is 0 Å². The molecule has 0 aromatic heterocycles. The topological polar surface area (TPSA) is 69.2 Å². The monoisotopic (exact) mass is 240 g/mol. The smallest absolute Gasteiger partial charge is 0.305 e. The van der Waals surface area contributed by atoms with Crippen molar-refractivity contribution in [3.8, 4) is 0 Å². The minimum Gasteiger partial charge on any atom is -0.328 e. The van der Waals surface area contributed by atoms with Gasteiger partial charge in [0, 0.05) is 12.1 Å². The normalized spacial score (nSPS) is 14.4. The number of nitro benzene ring substituents is 1. The molecule has 1 rings (SSSR count). The third-order valence-corrected chi connectivity index (χ3v) is 3.01. The van der Waals surface area contributed by atoms with E-state index in [9.17, 15) is 14.5 Å². The van der Waals surface area contributed by atoms with Crippen molar-refractivity contribution in [2.45, 2.75) is 32.7 Å². The molecule has 0 bridgehead atoms. The standard InChI is InChI=1S/C12H17FN2O2/c1-3-9(8(2)14)7-10-5-4-6-11(12(10)13)15(16)17/h4-6,8-9H,3,7,14H2,1-2H3. The maximum Gasteiger partial charge on any atom is 0.305 e. The SMILES string of the molecule is CCC(Cc1cccc([N+](=O)[O-])c1F)C(C)N. The third-order valence-electron chi connectivity index (χ3n) is 3.01. The summed E-state index contributed by atoms with van der Waals surface area (Å²) in [5, 5.41) is 10.6. The van der Waals surface area contributed by atoms with E-state index in [0.29, 0.717) is 12.0 Å². The van der Waals surface area contributed by atoms with Crippen LogP contribution in [0, 0.1) is 21.8 Å². The van der Waals surface area contributed by atoms with Gasteiger partial charge in [-0.2, -0.15) is 4.39 Å². The van der Waals surface area contributed by atoms with E-state index in [1.54, 1.807) is 6.07 Å². The van der Waals surface area contributed by atoms with Crippen molar-refractivity contribution in [3.05, 3.63) is 39.7 Å². The summed E-state index contributed by atoms with van der Waals surface area (Å²) in [5.74, 6) is -0.608. The molecule has 0 aliphatic rings. The Balaban J connectivity index is 2.99. The van der Waals surface area contributed by atoms with E-state index in [4.69, 9.17) is 5.73 Å². The van der Waals surface area contributed by atoms with Crippen molar-refractivity contribution in [2.75, 3.05) is 0 Å². The summed E-state index contributed by atoms with van der Waals surface area (Å²) in [6.07, 6.45) is 1.25. The van der Waals surface area contributed by atoms with Gasteiger partial charge >= 0.3 is 5.69 Å².